The Bertz CT molecular complexity index is 338. The van der Waals surface area contributed by atoms with E-state index in [2.05, 4.69) is 10.3 Å². The third-order valence-corrected chi connectivity index (χ3v) is 1.83. The number of fused-ring (bicyclic) bond motifs is 1. The average molecular weight is 178 g/mol. The Hall–Kier alpha value is -1.58. The fraction of sp³-hybridized carbons (Fsp3) is 0.333. The number of carbonyl (C=O) groups is 1. The predicted octanol–water partition coefficient (Wildman–Crippen LogP) is 1.19. The van der Waals surface area contributed by atoms with Gasteiger partial charge >= 0.3 is 0 Å². The van der Waals surface area contributed by atoms with Crippen LogP contribution in [0, 0.1) is 0 Å². The summed E-state index contributed by atoms with van der Waals surface area (Å²) < 4.78 is 5.48. The molecule has 0 spiro atoms. The number of aromatic nitrogens is 1. The maximum atomic E-state index is 11.2. The molecule has 1 aliphatic rings. The van der Waals surface area contributed by atoms with E-state index in [1.165, 1.54) is 0 Å². The highest BCUT2D eigenvalue weighted by molar-refractivity contribution is 5.92. The normalized spacial score (nSPS) is 21.0. The van der Waals surface area contributed by atoms with Gasteiger partial charge in [-0.2, -0.15) is 0 Å². The van der Waals surface area contributed by atoms with Crippen molar-refractivity contribution >= 4 is 11.7 Å². The number of nitrogens with zero attached hydrogens (tertiary/aromatic N) is 1. The van der Waals surface area contributed by atoms with Crippen molar-refractivity contribution < 1.29 is 9.53 Å². The number of ether oxygens (including phenoxy) is 1. The van der Waals surface area contributed by atoms with Crippen LogP contribution in [-0.2, 0) is 4.79 Å². The Morgan fingerprint density at radius 2 is 2.54 bits per heavy atom. The van der Waals surface area contributed by atoms with E-state index in [4.69, 9.17) is 4.74 Å². The van der Waals surface area contributed by atoms with Crippen LogP contribution in [0.1, 0.15) is 13.3 Å². The smallest absolute Gasteiger partial charge is 0.229 e. The summed E-state index contributed by atoms with van der Waals surface area (Å²) in [7, 11) is 0. The van der Waals surface area contributed by atoms with Crippen LogP contribution in [0.5, 0.6) is 5.75 Å². The van der Waals surface area contributed by atoms with E-state index in [1.807, 2.05) is 6.92 Å². The van der Waals surface area contributed by atoms with Gasteiger partial charge in [0.2, 0.25) is 5.91 Å². The van der Waals surface area contributed by atoms with E-state index in [1.54, 1.807) is 18.3 Å². The predicted molar refractivity (Wildman–Crippen MR) is 47.6 cm³/mol. The first-order valence-electron chi connectivity index (χ1n) is 4.17. The number of rotatable bonds is 0. The van der Waals surface area contributed by atoms with Gasteiger partial charge in [-0.3, -0.25) is 4.79 Å². The van der Waals surface area contributed by atoms with Crippen LogP contribution in [0.4, 0.5) is 5.82 Å². The molecule has 1 atom stereocenters. The molecule has 0 aromatic carbocycles. The van der Waals surface area contributed by atoms with Crippen molar-refractivity contribution in [3.05, 3.63) is 18.3 Å². The van der Waals surface area contributed by atoms with E-state index in [9.17, 15) is 4.79 Å². The summed E-state index contributed by atoms with van der Waals surface area (Å²) in [6, 6.07) is 3.58. The minimum absolute atomic E-state index is 0.0510. The van der Waals surface area contributed by atoms with Crippen LogP contribution in [0.2, 0.25) is 0 Å². The molecule has 0 fully saturated rings. The highest BCUT2D eigenvalue weighted by Crippen LogP contribution is 2.25. The maximum Gasteiger partial charge on any atom is 0.229 e. The summed E-state index contributed by atoms with van der Waals surface area (Å²) in [4.78, 5) is 15.2. The average Bonchev–Trinajstić information content (AvgIpc) is 2.20. The highest BCUT2D eigenvalue weighted by atomic mass is 16.5. The van der Waals surface area contributed by atoms with Gasteiger partial charge in [0.25, 0.3) is 0 Å². The largest absolute Gasteiger partial charge is 0.486 e. The number of nitrogens with one attached hydrogen (secondary N) is 1. The molecule has 0 bridgehead atoms. The van der Waals surface area contributed by atoms with Crippen molar-refractivity contribution in [2.75, 3.05) is 5.32 Å². The zero-order valence-electron chi connectivity index (χ0n) is 7.28. The van der Waals surface area contributed by atoms with Crippen molar-refractivity contribution in [1.29, 1.82) is 0 Å². The molecule has 13 heavy (non-hydrogen) atoms. The number of carbonyl (C=O) groups excluding carboxylic acids is 1. The fourth-order valence-corrected chi connectivity index (χ4v) is 1.28. The molecule has 2 heterocycles. The summed E-state index contributed by atoms with van der Waals surface area (Å²) in [5.74, 6) is 1.10. The Morgan fingerprint density at radius 3 is 3.38 bits per heavy atom. The number of hydrogen-bond acceptors (Lipinski definition) is 3. The van der Waals surface area contributed by atoms with E-state index in [-0.39, 0.29) is 12.0 Å². The molecular weight excluding hydrogens is 168 g/mol. The lowest BCUT2D eigenvalue weighted by Crippen LogP contribution is -2.17. The summed E-state index contributed by atoms with van der Waals surface area (Å²) in [6.07, 6.45) is 1.90. The molecule has 68 valence electrons. The molecule has 0 saturated carbocycles. The van der Waals surface area contributed by atoms with Crippen molar-refractivity contribution in [3.63, 3.8) is 0 Å². The lowest BCUT2D eigenvalue weighted by Gasteiger charge is -2.09. The van der Waals surface area contributed by atoms with Crippen LogP contribution in [0.25, 0.3) is 0 Å². The third kappa shape index (κ3) is 1.61. The van der Waals surface area contributed by atoms with Crippen molar-refractivity contribution in [3.8, 4) is 5.75 Å². The van der Waals surface area contributed by atoms with Crippen LogP contribution < -0.4 is 10.1 Å². The minimum Gasteiger partial charge on any atom is -0.486 e. The quantitative estimate of drug-likeness (QED) is 0.649. The van der Waals surface area contributed by atoms with Crippen LogP contribution in [-0.4, -0.2) is 17.0 Å². The van der Waals surface area contributed by atoms with E-state index >= 15 is 0 Å². The molecule has 1 aromatic rings. The summed E-state index contributed by atoms with van der Waals surface area (Å²) in [5.41, 5.74) is 0. The summed E-state index contributed by atoms with van der Waals surface area (Å²) in [6.45, 7) is 1.86. The standard InChI is InChI=1S/C9H10N2O2/c1-6-5-8(12)11-9-7(13-6)3-2-4-10-9/h2-4,6H,5H2,1H3,(H,10,11,12). The zero-order valence-corrected chi connectivity index (χ0v) is 7.28. The Labute approximate surface area is 75.9 Å². The second-order valence-corrected chi connectivity index (χ2v) is 3.03. The molecule has 4 heteroatoms. The van der Waals surface area contributed by atoms with Gasteiger partial charge in [0, 0.05) is 6.20 Å². The Morgan fingerprint density at radius 1 is 1.69 bits per heavy atom. The molecule has 1 amide bonds. The highest BCUT2D eigenvalue weighted by Gasteiger charge is 2.19. The number of pyridine rings is 1. The Kier molecular flexibility index (Phi) is 1.88. The van der Waals surface area contributed by atoms with Crippen molar-refractivity contribution in [1.82, 2.24) is 4.98 Å². The molecular formula is C9H10N2O2. The summed E-state index contributed by atoms with van der Waals surface area (Å²) in [5, 5.41) is 2.68. The first-order valence-corrected chi connectivity index (χ1v) is 4.17. The third-order valence-electron chi connectivity index (χ3n) is 1.83. The molecule has 1 aromatic heterocycles. The SMILES string of the molecule is CC1CC(=O)Nc2ncccc2O1. The van der Waals surface area contributed by atoms with Gasteiger partial charge in [-0.15, -0.1) is 0 Å². The van der Waals surface area contributed by atoms with Crippen molar-refractivity contribution in [2.24, 2.45) is 0 Å². The van der Waals surface area contributed by atoms with Gasteiger partial charge in [-0.05, 0) is 19.1 Å². The fourth-order valence-electron chi connectivity index (χ4n) is 1.28. The van der Waals surface area contributed by atoms with Gasteiger partial charge < -0.3 is 10.1 Å². The van der Waals surface area contributed by atoms with E-state index in [0.29, 0.717) is 18.0 Å². The van der Waals surface area contributed by atoms with E-state index < -0.39 is 0 Å². The van der Waals surface area contributed by atoms with Gasteiger partial charge in [-0.1, -0.05) is 0 Å². The van der Waals surface area contributed by atoms with Crippen LogP contribution in [0.3, 0.4) is 0 Å². The second-order valence-electron chi connectivity index (χ2n) is 3.03. The molecule has 2 rings (SSSR count). The monoisotopic (exact) mass is 178 g/mol. The molecule has 0 saturated heterocycles. The van der Waals surface area contributed by atoms with Gasteiger partial charge in [0.05, 0.1) is 6.42 Å². The number of amides is 1. The lowest BCUT2D eigenvalue weighted by molar-refractivity contribution is -0.117. The minimum atomic E-state index is -0.0922. The van der Waals surface area contributed by atoms with Gasteiger partial charge in [0.1, 0.15) is 6.10 Å². The van der Waals surface area contributed by atoms with Crippen LogP contribution >= 0.6 is 0 Å². The van der Waals surface area contributed by atoms with E-state index in [0.717, 1.165) is 0 Å². The zero-order chi connectivity index (χ0) is 9.26. The molecule has 4 nitrogen and oxygen atoms in total. The van der Waals surface area contributed by atoms with Gasteiger partial charge in [0.15, 0.2) is 11.6 Å². The molecule has 1 unspecified atom stereocenters. The maximum absolute atomic E-state index is 11.2. The molecule has 1 N–H and O–H groups in total. The molecule has 0 aliphatic carbocycles. The second kappa shape index (κ2) is 3.05. The van der Waals surface area contributed by atoms with Crippen molar-refractivity contribution in [2.45, 2.75) is 19.4 Å². The topological polar surface area (TPSA) is 51.2 Å². The lowest BCUT2D eigenvalue weighted by atomic mass is 10.3. The van der Waals surface area contributed by atoms with Crippen LogP contribution in [0.15, 0.2) is 18.3 Å². The molecule has 1 aliphatic heterocycles. The first kappa shape index (κ1) is 8.04. The Balaban J connectivity index is 2.38. The van der Waals surface area contributed by atoms with Gasteiger partial charge in [-0.25, -0.2) is 4.98 Å². The molecule has 0 radical (unpaired) electrons. The number of anilines is 1. The summed E-state index contributed by atoms with van der Waals surface area (Å²) >= 11 is 0. The number of hydrogen-bond donors (Lipinski definition) is 1. The first-order chi connectivity index (χ1) is 6.25.